The van der Waals surface area contributed by atoms with Gasteiger partial charge in [-0.2, -0.15) is 0 Å². The van der Waals surface area contributed by atoms with Gasteiger partial charge in [-0.05, 0) is 52.8 Å². The monoisotopic (exact) mass is 364 g/mol. The lowest BCUT2D eigenvalue weighted by atomic mass is 10.1. The Kier molecular flexibility index (Phi) is 4.68. The van der Waals surface area contributed by atoms with Crippen molar-refractivity contribution in [3.8, 4) is 11.5 Å². The van der Waals surface area contributed by atoms with Gasteiger partial charge >= 0.3 is 0 Å². The van der Waals surface area contributed by atoms with Gasteiger partial charge in [0.15, 0.2) is 5.75 Å². The van der Waals surface area contributed by atoms with Gasteiger partial charge in [0.2, 0.25) is 0 Å². The molecule has 0 amide bonds. The highest BCUT2D eigenvalue weighted by atomic mass is 127. The number of hydrogen-bond donors (Lipinski definition) is 0. The molecule has 0 spiro atoms. The van der Waals surface area contributed by atoms with E-state index in [1.165, 1.54) is 11.9 Å². The Morgan fingerprint density at radius 3 is 2.68 bits per heavy atom. The normalized spacial score (nSPS) is 10.6. The highest BCUT2D eigenvalue weighted by Crippen LogP contribution is 2.29. The predicted molar refractivity (Wildman–Crippen MR) is 85.2 cm³/mol. The molecule has 2 aromatic rings. The van der Waals surface area contributed by atoms with Crippen LogP contribution in [0.3, 0.4) is 0 Å². The second-order valence-corrected chi connectivity index (χ2v) is 5.07. The highest BCUT2D eigenvalue weighted by Gasteiger charge is 2.06. The second-order valence-electron chi connectivity index (χ2n) is 3.91. The zero-order valence-electron chi connectivity index (χ0n) is 10.5. The maximum absolute atomic E-state index is 5.79. The van der Waals surface area contributed by atoms with E-state index >= 15 is 0 Å². The molecule has 2 rings (SSSR count). The molecule has 0 saturated heterocycles. The molecule has 0 saturated carbocycles. The first-order valence-corrected chi connectivity index (χ1v) is 6.80. The van der Waals surface area contributed by atoms with Crippen molar-refractivity contribution in [2.75, 3.05) is 0 Å². The van der Waals surface area contributed by atoms with Gasteiger partial charge in [-0.3, -0.25) is 0 Å². The molecule has 1 aromatic heterocycles. The van der Waals surface area contributed by atoms with E-state index in [0.29, 0.717) is 5.75 Å². The average molecular weight is 364 g/mol. The summed E-state index contributed by atoms with van der Waals surface area (Å²) in [5.41, 5.74) is 2.30. The summed E-state index contributed by atoms with van der Waals surface area (Å²) in [7, 11) is 0. The topological polar surface area (TPSA) is 35.0 Å². The van der Waals surface area contributed by atoms with Crippen LogP contribution in [0.5, 0.6) is 11.5 Å². The van der Waals surface area contributed by atoms with E-state index in [2.05, 4.69) is 52.1 Å². The molecule has 0 unspecified atom stereocenters. The lowest BCUT2D eigenvalue weighted by Gasteiger charge is -2.10. The van der Waals surface area contributed by atoms with Crippen LogP contribution in [0.15, 0.2) is 49.6 Å². The van der Waals surface area contributed by atoms with Crippen LogP contribution in [0.4, 0.5) is 0 Å². The number of aryl methyl sites for hydroxylation is 1. The second kappa shape index (κ2) is 6.47. The Bertz CT molecular complexity index is 609. The first-order chi connectivity index (χ1) is 9.20. The molecule has 3 nitrogen and oxygen atoms in total. The summed E-state index contributed by atoms with van der Waals surface area (Å²) >= 11 is 2.26. The number of ether oxygens (including phenoxy) is 1. The van der Waals surface area contributed by atoms with Crippen LogP contribution in [-0.2, 0) is 0 Å². The molecule has 19 heavy (non-hydrogen) atoms. The third kappa shape index (κ3) is 3.64. The summed E-state index contributed by atoms with van der Waals surface area (Å²) in [5.74, 6) is 1.42. The number of benzene rings is 1. The Balaban J connectivity index is 2.35. The predicted octanol–water partition coefficient (Wildman–Crippen LogP) is 4.38. The minimum absolute atomic E-state index is 0.628. The SMILES string of the molecule is C=CC=Cc1cc(Oc2cncnc2)c(I)cc1C. The quantitative estimate of drug-likeness (QED) is 0.597. The number of halogens is 1. The van der Waals surface area contributed by atoms with Crippen molar-refractivity contribution in [1.82, 2.24) is 9.97 Å². The van der Waals surface area contributed by atoms with E-state index in [1.54, 1.807) is 18.5 Å². The highest BCUT2D eigenvalue weighted by molar-refractivity contribution is 14.1. The van der Waals surface area contributed by atoms with Gasteiger partial charge in [0.05, 0.1) is 16.0 Å². The molecule has 0 aliphatic heterocycles. The number of nitrogens with zero attached hydrogens (tertiary/aromatic N) is 2. The van der Waals surface area contributed by atoms with Crippen LogP contribution < -0.4 is 4.74 Å². The molecule has 0 radical (unpaired) electrons. The maximum atomic E-state index is 5.79. The molecular formula is C15H13IN2O. The summed E-state index contributed by atoms with van der Waals surface area (Å²) in [4.78, 5) is 7.87. The largest absolute Gasteiger partial charge is 0.453 e. The van der Waals surface area contributed by atoms with Crippen molar-refractivity contribution >= 4 is 28.7 Å². The fourth-order valence-corrected chi connectivity index (χ4v) is 2.30. The molecule has 0 N–H and O–H groups in total. The van der Waals surface area contributed by atoms with Gasteiger partial charge in [0, 0.05) is 0 Å². The summed E-state index contributed by atoms with van der Waals surface area (Å²) in [6.45, 7) is 5.75. The van der Waals surface area contributed by atoms with E-state index in [-0.39, 0.29) is 0 Å². The summed E-state index contributed by atoms with van der Waals surface area (Å²) in [6, 6.07) is 4.09. The molecule has 0 aliphatic rings. The van der Waals surface area contributed by atoms with Gasteiger partial charge < -0.3 is 4.74 Å². The summed E-state index contributed by atoms with van der Waals surface area (Å²) in [6.07, 6.45) is 10.4. The zero-order chi connectivity index (χ0) is 13.7. The zero-order valence-corrected chi connectivity index (χ0v) is 12.7. The maximum Gasteiger partial charge on any atom is 0.164 e. The first-order valence-electron chi connectivity index (χ1n) is 5.73. The van der Waals surface area contributed by atoms with E-state index < -0.39 is 0 Å². The molecule has 4 heteroatoms. The van der Waals surface area contributed by atoms with Crippen molar-refractivity contribution in [2.24, 2.45) is 0 Å². The van der Waals surface area contributed by atoms with Crippen molar-refractivity contribution in [1.29, 1.82) is 0 Å². The Hall–Kier alpha value is -1.69. The Labute approximate surface area is 126 Å². The van der Waals surface area contributed by atoms with Crippen LogP contribution in [0.25, 0.3) is 6.08 Å². The molecule has 1 heterocycles. The van der Waals surface area contributed by atoms with Crippen LogP contribution in [-0.4, -0.2) is 9.97 Å². The van der Waals surface area contributed by atoms with Crippen molar-refractivity contribution in [3.05, 3.63) is 64.3 Å². The Morgan fingerprint density at radius 2 is 2.00 bits per heavy atom. The number of aromatic nitrogens is 2. The lowest BCUT2D eigenvalue weighted by molar-refractivity contribution is 0.474. The molecule has 0 aliphatic carbocycles. The molecule has 1 aromatic carbocycles. The first kappa shape index (κ1) is 13.7. The molecule has 0 bridgehead atoms. The molecule has 0 atom stereocenters. The smallest absolute Gasteiger partial charge is 0.164 e. The molecule has 0 fully saturated rings. The number of allylic oxidation sites excluding steroid dienone is 2. The van der Waals surface area contributed by atoms with Gasteiger partial charge in [0.1, 0.15) is 12.1 Å². The van der Waals surface area contributed by atoms with Crippen LogP contribution in [0, 0.1) is 10.5 Å². The average Bonchev–Trinajstić information content (AvgIpc) is 2.42. The fourth-order valence-electron chi connectivity index (χ4n) is 1.56. The Morgan fingerprint density at radius 1 is 1.26 bits per heavy atom. The van der Waals surface area contributed by atoms with Gasteiger partial charge in [0.25, 0.3) is 0 Å². The van der Waals surface area contributed by atoms with Crippen molar-refractivity contribution < 1.29 is 4.74 Å². The molecular weight excluding hydrogens is 351 g/mol. The van der Waals surface area contributed by atoms with E-state index in [9.17, 15) is 0 Å². The minimum Gasteiger partial charge on any atom is -0.453 e. The van der Waals surface area contributed by atoms with E-state index in [1.807, 2.05) is 18.2 Å². The van der Waals surface area contributed by atoms with E-state index in [4.69, 9.17) is 4.74 Å². The van der Waals surface area contributed by atoms with Crippen LogP contribution >= 0.6 is 22.6 Å². The third-order valence-electron chi connectivity index (χ3n) is 2.50. The number of hydrogen-bond acceptors (Lipinski definition) is 3. The summed E-state index contributed by atoms with van der Waals surface area (Å²) < 4.78 is 6.84. The minimum atomic E-state index is 0.628. The lowest BCUT2D eigenvalue weighted by Crippen LogP contribution is -1.92. The fraction of sp³-hybridized carbons (Fsp3) is 0.0667. The molecule has 96 valence electrons. The van der Waals surface area contributed by atoms with Crippen LogP contribution in [0.2, 0.25) is 0 Å². The van der Waals surface area contributed by atoms with Gasteiger partial charge in [-0.15, -0.1) is 0 Å². The third-order valence-corrected chi connectivity index (χ3v) is 3.34. The van der Waals surface area contributed by atoms with Gasteiger partial charge in [-0.25, -0.2) is 9.97 Å². The van der Waals surface area contributed by atoms with E-state index in [0.717, 1.165) is 14.9 Å². The number of rotatable bonds is 4. The standard InChI is InChI=1S/C15H13IN2O/c1-3-4-5-12-7-15(14(16)6-11(12)2)19-13-8-17-10-18-9-13/h3-10H,1H2,2H3. The van der Waals surface area contributed by atoms with Crippen molar-refractivity contribution in [3.63, 3.8) is 0 Å². The summed E-state index contributed by atoms with van der Waals surface area (Å²) in [5, 5.41) is 0. The van der Waals surface area contributed by atoms with Crippen LogP contribution in [0.1, 0.15) is 11.1 Å². The van der Waals surface area contributed by atoms with Gasteiger partial charge in [-0.1, -0.05) is 24.8 Å². The van der Waals surface area contributed by atoms with Crippen molar-refractivity contribution in [2.45, 2.75) is 6.92 Å².